The molecule has 10 heteroatoms. The van der Waals surface area contributed by atoms with Gasteiger partial charge in [0.05, 0.1) is 17.7 Å². The second-order valence-corrected chi connectivity index (χ2v) is 13.5. The zero-order valence-electron chi connectivity index (χ0n) is 26.4. The summed E-state index contributed by atoms with van der Waals surface area (Å²) in [5.74, 6) is -1.31. The van der Waals surface area contributed by atoms with Crippen molar-refractivity contribution in [3.63, 3.8) is 0 Å². The molecule has 0 bridgehead atoms. The number of hydrogen-bond acceptors (Lipinski definition) is 5. The molecule has 1 aliphatic carbocycles. The van der Waals surface area contributed by atoms with Gasteiger partial charge in [0.2, 0.25) is 11.8 Å². The molecular weight excluding hydrogens is 617 g/mol. The smallest absolute Gasteiger partial charge is 0.264 e. The Morgan fingerprint density at radius 3 is 2.15 bits per heavy atom. The Hall–Kier alpha value is -4.70. The van der Waals surface area contributed by atoms with E-state index in [0.29, 0.717) is 0 Å². The number of benzene rings is 4. The fourth-order valence-corrected chi connectivity index (χ4v) is 7.42. The molecule has 0 spiro atoms. The van der Waals surface area contributed by atoms with Gasteiger partial charge in [0, 0.05) is 24.6 Å². The molecule has 0 heterocycles. The van der Waals surface area contributed by atoms with Crippen LogP contribution in [0.1, 0.15) is 43.2 Å². The van der Waals surface area contributed by atoms with E-state index in [0.717, 1.165) is 42.0 Å². The van der Waals surface area contributed by atoms with Gasteiger partial charge < -0.3 is 15.0 Å². The van der Waals surface area contributed by atoms with E-state index in [1.54, 1.807) is 60.7 Å². The Labute approximate surface area is 276 Å². The topological polar surface area (TPSA) is 96.0 Å². The first-order valence-corrected chi connectivity index (χ1v) is 17.3. The minimum absolute atomic E-state index is 0.0183. The molecule has 5 rings (SSSR count). The number of hydrogen-bond donors (Lipinski definition) is 1. The van der Waals surface area contributed by atoms with Crippen LogP contribution in [0.3, 0.4) is 0 Å². The summed E-state index contributed by atoms with van der Waals surface area (Å²) in [4.78, 5) is 30.1. The fraction of sp³-hybridized carbons (Fsp3) is 0.297. The van der Waals surface area contributed by atoms with Gasteiger partial charge in [0.15, 0.2) is 0 Å². The number of para-hydroxylation sites is 2. The van der Waals surface area contributed by atoms with Crippen molar-refractivity contribution >= 4 is 27.5 Å². The molecule has 0 radical (unpaired) electrons. The average Bonchev–Trinajstić information content (AvgIpc) is 3.10. The van der Waals surface area contributed by atoms with Crippen LogP contribution in [0, 0.1) is 5.82 Å². The standard InChI is InChI=1S/C37H40FN3O5S/c1-46-35-24-14-13-23-33(35)41(47(44,45)31-20-9-4-10-21-31)27-36(42)40(26-29-17-11-12-22-32(29)38)34(25-28-15-5-2-6-16-28)37(43)39-30-18-7-3-8-19-30/h2,4-6,9-17,20-24,30,34H,3,7-8,18-19,25-27H2,1H3,(H,39,43). The second kappa shape index (κ2) is 15.7. The molecule has 1 fully saturated rings. The average molecular weight is 658 g/mol. The first-order valence-electron chi connectivity index (χ1n) is 15.9. The molecule has 2 amide bonds. The third-order valence-corrected chi connectivity index (χ3v) is 10.3. The molecule has 1 saturated carbocycles. The lowest BCUT2D eigenvalue weighted by atomic mass is 9.94. The minimum atomic E-state index is -4.29. The van der Waals surface area contributed by atoms with Crippen molar-refractivity contribution in [2.45, 2.75) is 62.0 Å². The molecule has 0 aliphatic heterocycles. The Morgan fingerprint density at radius 2 is 1.47 bits per heavy atom. The third-order valence-electron chi connectivity index (χ3n) is 8.49. The number of sulfonamides is 1. The molecule has 8 nitrogen and oxygen atoms in total. The number of anilines is 1. The van der Waals surface area contributed by atoms with Gasteiger partial charge in [-0.3, -0.25) is 13.9 Å². The van der Waals surface area contributed by atoms with Crippen LogP contribution in [0.5, 0.6) is 5.75 Å². The summed E-state index contributed by atoms with van der Waals surface area (Å²) in [6, 6.07) is 28.6. The van der Waals surface area contributed by atoms with E-state index in [1.807, 2.05) is 30.3 Å². The van der Waals surface area contributed by atoms with E-state index in [4.69, 9.17) is 4.74 Å². The fourth-order valence-electron chi connectivity index (χ4n) is 5.98. The lowest BCUT2D eigenvalue weighted by Gasteiger charge is -2.35. The first kappa shape index (κ1) is 33.7. The Balaban J connectivity index is 1.58. The molecule has 47 heavy (non-hydrogen) atoms. The summed E-state index contributed by atoms with van der Waals surface area (Å²) < 4.78 is 50.0. The molecule has 0 aromatic heterocycles. The number of rotatable bonds is 13. The monoisotopic (exact) mass is 657 g/mol. The van der Waals surface area contributed by atoms with Crippen LogP contribution < -0.4 is 14.4 Å². The zero-order chi connectivity index (χ0) is 33.2. The van der Waals surface area contributed by atoms with Crippen molar-refractivity contribution in [3.8, 4) is 5.75 Å². The highest BCUT2D eigenvalue weighted by molar-refractivity contribution is 7.92. The van der Waals surface area contributed by atoms with E-state index < -0.39 is 34.3 Å². The van der Waals surface area contributed by atoms with Crippen molar-refractivity contribution in [2.24, 2.45) is 0 Å². The number of methoxy groups -OCH3 is 1. The van der Waals surface area contributed by atoms with E-state index in [9.17, 15) is 18.0 Å². The molecule has 246 valence electrons. The number of halogens is 1. The number of amides is 2. The number of nitrogens with zero attached hydrogens (tertiary/aromatic N) is 2. The van der Waals surface area contributed by atoms with E-state index in [1.165, 1.54) is 30.2 Å². The van der Waals surface area contributed by atoms with Gasteiger partial charge >= 0.3 is 0 Å². The predicted molar refractivity (Wildman–Crippen MR) is 180 cm³/mol. The third kappa shape index (κ3) is 8.37. The number of ether oxygens (including phenoxy) is 1. The number of nitrogens with one attached hydrogen (secondary N) is 1. The van der Waals surface area contributed by atoms with E-state index >= 15 is 4.39 Å². The predicted octanol–water partition coefficient (Wildman–Crippen LogP) is 6.12. The Morgan fingerprint density at radius 1 is 0.851 bits per heavy atom. The Bertz CT molecular complexity index is 1750. The van der Waals surface area contributed by atoms with Crippen molar-refractivity contribution < 1.29 is 27.1 Å². The van der Waals surface area contributed by atoms with Crippen molar-refractivity contribution in [1.29, 1.82) is 0 Å². The lowest BCUT2D eigenvalue weighted by molar-refractivity contribution is -0.140. The maximum Gasteiger partial charge on any atom is 0.264 e. The van der Waals surface area contributed by atoms with Crippen LogP contribution in [-0.4, -0.2) is 50.9 Å². The second-order valence-electron chi connectivity index (χ2n) is 11.7. The van der Waals surface area contributed by atoms with Gasteiger partial charge in [0.25, 0.3) is 10.0 Å². The highest BCUT2D eigenvalue weighted by Gasteiger charge is 2.36. The van der Waals surface area contributed by atoms with E-state index in [2.05, 4.69) is 5.32 Å². The summed E-state index contributed by atoms with van der Waals surface area (Å²) in [5.41, 5.74) is 1.17. The van der Waals surface area contributed by atoms with Crippen LogP contribution >= 0.6 is 0 Å². The summed E-state index contributed by atoms with van der Waals surface area (Å²) in [7, 11) is -2.87. The van der Waals surface area contributed by atoms with Crippen molar-refractivity contribution in [1.82, 2.24) is 10.2 Å². The van der Waals surface area contributed by atoms with Crippen LogP contribution in [0.2, 0.25) is 0 Å². The SMILES string of the molecule is COc1ccccc1N(CC(=O)N(Cc1ccccc1F)C(Cc1ccccc1)C(=O)NC1CCCCC1)S(=O)(=O)c1ccccc1. The van der Waals surface area contributed by atoms with Gasteiger partial charge in [-0.25, -0.2) is 12.8 Å². The van der Waals surface area contributed by atoms with Crippen LogP contribution in [0.25, 0.3) is 0 Å². The van der Waals surface area contributed by atoms with Gasteiger partial charge in [0.1, 0.15) is 24.2 Å². The largest absolute Gasteiger partial charge is 0.495 e. The summed E-state index contributed by atoms with van der Waals surface area (Å²) in [6.07, 6.45) is 4.92. The van der Waals surface area contributed by atoms with Gasteiger partial charge in [-0.05, 0) is 48.7 Å². The van der Waals surface area contributed by atoms with Crippen molar-refractivity contribution in [2.75, 3.05) is 18.0 Å². The van der Waals surface area contributed by atoms with Crippen molar-refractivity contribution in [3.05, 3.63) is 126 Å². The summed E-state index contributed by atoms with van der Waals surface area (Å²) in [6.45, 7) is -0.902. The molecule has 0 saturated heterocycles. The maximum absolute atomic E-state index is 15.2. The lowest BCUT2D eigenvalue weighted by Crippen LogP contribution is -2.55. The summed E-state index contributed by atoms with van der Waals surface area (Å²) >= 11 is 0. The van der Waals surface area contributed by atoms with Gasteiger partial charge in [-0.15, -0.1) is 0 Å². The Kier molecular flexibility index (Phi) is 11.3. The molecule has 1 unspecified atom stereocenters. The molecule has 1 aliphatic rings. The highest BCUT2D eigenvalue weighted by Crippen LogP contribution is 2.33. The quantitative estimate of drug-likeness (QED) is 0.187. The normalized spacial score (nSPS) is 14.2. The first-order chi connectivity index (χ1) is 22.8. The van der Waals surface area contributed by atoms with Crippen LogP contribution in [0.4, 0.5) is 10.1 Å². The van der Waals surface area contributed by atoms with Gasteiger partial charge in [-0.2, -0.15) is 0 Å². The van der Waals surface area contributed by atoms with Crippen LogP contribution in [-0.2, 0) is 32.6 Å². The maximum atomic E-state index is 15.2. The summed E-state index contributed by atoms with van der Waals surface area (Å²) in [5, 5.41) is 3.16. The zero-order valence-corrected chi connectivity index (χ0v) is 27.2. The molecule has 4 aromatic carbocycles. The highest BCUT2D eigenvalue weighted by atomic mass is 32.2. The van der Waals surface area contributed by atoms with Crippen LogP contribution in [0.15, 0.2) is 114 Å². The number of carbonyl (C=O) groups is 2. The van der Waals surface area contributed by atoms with E-state index in [-0.39, 0.29) is 46.8 Å². The minimum Gasteiger partial charge on any atom is -0.495 e. The van der Waals surface area contributed by atoms with Gasteiger partial charge in [-0.1, -0.05) is 98.1 Å². The molecule has 4 aromatic rings. The number of carbonyl (C=O) groups excluding carboxylic acids is 2. The molecule has 1 atom stereocenters. The molecule has 1 N–H and O–H groups in total. The molecular formula is C37H40FN3O5S.